The molecule has 0 aliphatic rings. The van der Waals surface area contributed by atoms with Crippen molar-refractivity contribution < 1.29 is 4.42 Å². The lowest BCUT2D eigenvalue weighted by Gasteiger charge is -2.06. The van der Waals surface area contributed by atoms with E-state index in [-0.39, 0.29) is 5.56 Å². The van der Waals surface area contributed by atoms with Crippen LogP contribution in [0.4, 0.5) is 0 Å². The maximum Gasteiger partial charge on any atom is 0.251 e. The summed E-state index contributed by atoms with van der Waals surface area (Å²) in [6.07, 6.45) is 0.703. The van der Waals surface area contributed by atoms with Crippen LogP contribution in [0.25, 0.3) is 11.3 Å². The zero-order valence-electron chi connectivity index (χ0n) is 14.1. The summed E-state index contributed by atoms with van der Waals surface area (Å²) in [6, 6.07) is 16.1. The first kappa shape index (κ1) is 16.3. The van der Waals surface area contributed by atoms with Gasteiger partial charge in [-0.15, -0.1) is 0 Å². The van der Waals surface area contributed by atoms with Gasteiger partial charge in [0.05, 0.1) is 6.54 Å². The molecule has 24 heavy (non-hydrogen) atoms. The van der Waals surface area contributed by atoms with Crippen molar-refractivity contribution in [3.05, 3.63) is 81.5 Å². The summed E-state index contributed by atoms with van der Waals surface area (Å²) in [5.74, 6) is 1.67. The van der Waals surface area contributed by atoms with Crippen molar-refractivity contribution in [3.8, 4) is 11.3 Å². The maximum atomic E-state index is 11.8. The smallest absolute Gasteiger partial charge is 0.251 e. The number of benzene rings is 1. The van der Waals surface area contributed by atoms with Crippen LogP contribution in [0.3, 0.4) is 0 Å². The molecule has 4 nitrogen and oxygen atoms in total. The number of nitrogens with one attached hydrogen (secondary N) is 2. The predicted octanol–water partition coefficient (Wildman–Crippen LogP) is 3.80. The van der Waals surface area contributed by atoms with Gasteiger partial charge >= 0.3 is 0 Å². The Morgan fingerprint density at radius 2 is 1.88 bits per heavy atom. The van der Waals surface area contributed by atoms with Gasteiger partial charge in [-0.3, -0.25) is 4.79 Å². The quantitative estimate of drug-likeness (QED) is 0.726. The molecule has 4 heteroatoms. The summed E-state index contributed by atoms with van der Waals surface area (Å²) in [7, 11) is 0. The Hall–Kier alpha value is -2.59. The van der Waals surface area contributed by atoms with Gasteiger partial charge in [0, 0.05) is 23.4 Å². The van der Waals surface area contributed by atoms with E-state index in [0.29, 0.717) is 13.0 Å². The molecule has 1 aromatic carbocycles. The van der Waals surface area contributed by atoms with Crippen LogP contribution in [0, 0.1) is 6.92 Å². The molecule has 124 valence electrons. The van der Waals surface area contributed by atoms with Gasteiger partial charge in [-0.05, 0) is 37.1 Å². The average Bonchev–Trinajstić information content (AvgIpc) is 3.04. The second-order valence-electron chi connectivity index (χ2n) is 5.87. The first-order valence-electron chi connectivity index (χ1n) is 8.24. The van der Waals surface area contributed by atoms with Crippen molar-refractivity contribution >= 4 is 0 Å². The molecular weight excluding hydrogens is 300 g/mol. The van der Waals surface area contributed by atoms with Gasteiger partial charge in [0.15, 0.2) is 0 Å². The Balaban J connectivity index is 1.70. The third-order valence-electron chi connectivity index (χ3n) is 4.09. The number of pyridine rings is 1. The Labute approximate surface area is 141 Å². The third kappa shape index (κ3) is 3.66. The summed E-state index contributed by atoms with van der Waals surface area (Å²) in [4.78, 5) is 14.7. The Kier molecular flexibility index (Phi) is 4.96. The van der Waals surface area contributed by atoms with E-state index < -0.39 is 0 Å². The minimum Gasteiger partial charge on any atom is -0.460 e. The molecule has 2 aromatic heterocycles. The van der Waals surface area contributed by atoms with Crippen LogP contribution < -0.4 is 10.9 Å². The fourth-order valence-corrected chi connectivity index (χ4v) is 2.73. The average molecular weight is 322 g/mol. The second-order valence-corrected chi connectivity index (χ2v) is 5.87. The highest BCUT2D eigenvalue weighted by Crippen LogP contribution is 2.24. The number of furan rings is 1. The molecule has 0 saturated heterocycles. The Morgan fingerprint density at radius 1 is 1.08 bits per heavy atom. The van der Waals surface area contributed by atoms with E-state index in [1.54, 1.807) is 0 Å². The minimum atomic E-state index is -0.0185. The van der Waals surface area contributed by atoms with Crippen molar-refractivity contribution in [2.75, 3.05) is 0 Å². The van der Waals surface area contributed by atoms with Crippen LogP contribution in [0.5, 0.6) is 0 Å². The Bertz CT molecular complexity index is 863. The van der Waals surface area contributed by atoms with E-state index in [1.807, 2.05) is 50.2 Å². The van der Waals surface area contributed by atoms with Gasteiger partial charge in [-0.1, -0.05) is 37.3 Å². The molecule has 0 spiro atoms. The molecule has 0 fully saturated rings. The summed E-state index contributed by atoms with van der Waals surface area (Å²) >= 11 is 0. The van der Waals surface area contributed by atoms with E-state index in [4.69, 9.17) is 4.42 Å². The first-order valence-corrected chi connectivity index (χ1v) is 8.24. The van der Waals surface area contributed by atoms with Crippen molar-refractivity contribution in [2.24, 2.45) is 0 Å². The van der Waals surface area contributed by atoms with Crippen molar-refractivity contribution in [1.29, 1.82) is 0 Å². The van der Waals surface area contributed by atoms with Crippen LogP contribution in [-0.2, 0) is 19.5 Å². The van der Waals surface area contributed by atoms with Crippen molar-refractivity contribution in [1.82, 2.24) is 10.3 Å². The largest absolute Gasteiger partial charge is 0.460 e. The lowest BCUT2D eigenvalue weighted by Crippen LogP contribution is -2.13. The van der Waals surface area contributed by atoms with Gasteiger partial charge in [-0.25, -0.2) is 0 Å². The number of hydrogen-bond acceptors (Lipinski definition) is 3. The zero-order valence-corrected chi connectivity index (χ0v) is 14.1. The van der Waals surface area contributed by atoms with Crippen LogP contribution in [-0.4, -0.2) is 4.98 Å². The number of H-pyrrole nitrogens is 1. The van der Waals surface area contributed by atoms with Gasteiger partial charge in [0.1, 0.15) is 11.5 Å². The zero-order chi connectivity index (χ0) is 16.9. The van der Waals surface area contributed by atoms with Crippen molar-refractivity contribution in [3.63, 3.8) is 0 Å². The number of rotatable bonds is 6. The van der Waals surface area contributed by atoms with Crippen LogP contribution in [0.15, 0.2) is 57.7 Å². The van der Waals surface area contributed by atoms with E-state index in [1.165, 1.54) is 5.56 Å². The summed E-state index contributed by atoms with van der Waals surface area (Å²) in [5, 5.41) is 3.38. The monoisotopic (exact) mass is 322 g/mol. The predicted molar refractivity (Wildman–Crippen MR) is 95.9 cm³/mol. The molecule has 2 N–H and O–H groups in total. The van der Waals surface area contributed by atoms with Crippen LogP contribution in [0.2, 0.25) is 0 Å². The lowest BCUT2D eigenvalue weighted by molar-refractivity contribution is 0.493. The summed E-state index contributed by atoms with van der Waals surface area (Å²) in [5.41, 5.74) is 3.77. The lowest BCUT2D eigenvalue weighted by atomic mass is 10.1. The highest BCUT2D eigenvalue weighted by atomic mass is 16.3. The molecule has 0 aliphatic heterocycles. The fraction of sp³-hybridized carbons (Fsp3) is 0.250. The van der Waals surface area contributed by atoms with E-state index in [0.717, 1.165) is 34.9 Å². The minimum absolute atomic E-state index is 0.0185. The molecule has 0 bridgehead atoms. The molecule has 0 atom stereocenters. The Morgan fingerprint density at radius 3 is 2.62 bits per heavy atom. The van der Waals surface area contributed by atoms with Gasteiger partial charge in [0.2, 0.25) is 0 Å². The van der Waals surface area contributed by atoms with Gasteiger partial charge in [-0.2, -0.15) is 0 Å². The summed E-state index contributed by atoms with van der Waals surface area (Å²) in [6.45, 7) is 5.34. The number of aryl methyl sites for hydroxylation is 2. The molecule has 2 heterocycles. The molecule has 3 aromatic rings. The van der Waals surface area contributed by atoms with E-state index >= 15 is 0 Å². The highest BCUT2D eigenvalue weighted by molar-refractivity contribution is 5.61. The normalized spacial score (nSPS) is 10.9. The molecule has 3 rings (SSSR count). The topological polar surface area (TPSA) is 58.0 Å². The second kappa shape index (κ2) is 7.32. The van der Waals surface area contributed by atoms with Crippen LogP contribution >= 0.6 is 0 Å². The maximum absolute atomic E-state index is 11.8. The molecule has 0 amide bonds. The van der Waals surface area contributed by atoms with Crippen LogP contribution in [0.1, 0.15) is 29.5 Å². The standard InChI is InChI=1S/C20H22N2O2/c1-3-16-11-18(14(2)22-20(16)23)19-10-9-17(24-19)13-21-12-15-7-5-4-6-8-15/h4-11,21H,3,12-13H2,1-2H3,(H,22,23). The SMILES string of the molecule is CCc1cc(-c2ccc(CNCc3ccccc3)o2)c(C)[nH]c1=O. The molecule has 0 unspecified atom stereocenters. The highest BCUT2D eigenvalue weighted by Gasteiger charge is 2.10. The van der Waals surface area contributed by atoms with E-state index in [9.17, 15) is 4.79 Å². The fourth-order valence-electron chi connectivity index (χ4n) is 2.73. The molecule has 0 aliphatic carbocycles. The number of hydrogen-bond donors (Lipinski definition) is 2. The molecular formula is C20H22N2O2. The first-order chi connectivity index (χ1) is 11.7. The third-order valence-corrected chi connectivity index (χ3v) is 4.09. The summed E-state index contributed by atoms with van der Waals surface area (Å²) < 4.78 is 5.94. The molecule has 0 radical (unpaired) electrons. The van der Waals surface area contributed by atoms with Gasteiger partial charge in [0.25, 0.3) is 5.56 Å². The van der Waals surface area contributed by atoms with Gasteiger partial charge < -0.3 is 14.7 Å². The van der Waals surface area contributed by atoms with Crippen molar-refractivity contribution in [2.45, 2.75) is 33.4 Å². The van der Waals surface area contributed by atoms with E-state index in [2.05, 4.69) is 22.4 Å². The number of aromatic nitrogens is 1. The molecule has 0 saturated carbocycles. The number of aromatic amines is 1.